The number of amides is 1. The molecule has 0 saturated carbocycles. The van der Waals surface area contributed by atoms with Gasteiger partial charge in [0.25, 0.3) is 5.91 Å². The SMILES string of the molecule is Cc1nc2ccccc2n1C1C[C@H]2CC[C@@H](C1)N2CCC1(c2cccc(F)c2)CCN(C(=O)c2cc(S(N)(=O)=O)ccc2F)CC1. The molecule has 0 radical (unpaired) electrons. The van der Waals surface area contributed by atoms with E-state index in [0.29, 0.717) is 44.1 Å². The Hall–Kier alpha value is -3.67. The van der Waals surface area contributed by atoms with E-state index < -0.39 is 21.7 Å². The molecule has 2 bridgehead atoms. The van der Waals surface area contributed by atoms with Crippen LogP contribution in [0.4, 0.5) is 8.78 Å². The van der Waals surface area contributed by atoms with E-state index in [1.165, 1.54) is 11.6 Å². The summed E-state index contributed by atoms with van der Waals surface area (Å²) in [6.45, 7) is 3.66. The van der Waals surface area contributed by atoms with Crippen molar-refractivity contribution in [2.45, 2.75) is 80.3 Å². The Morgan fingerprint density at radius 3 is 2.37 bits per heavy atom. The highest BCUT2D eigenvalue weighted by molar-refractivity contribution is 7.89. The van der Waals surface area contributed by atoms with Crippen LogP contribution in [0.15, 0.2) is 71.6 Å². The number of halogens is 2. The first-order chi connectivity index (χ1) is 22.0. The van der Waals surface area contributed by atoms with Crippen LogP contribution in [0.3, 0.4) is 0 Å². The van der Waals surface area contributed by atoms with Gasteiger partial charge in [-0.25, -0.2) is 27.3 Å². The van der Waals surface area contributed by atoms with Gasteiger partial charge in [0.2, 0.25) is 10.0 Å². The zero-order chi connectivity index (χ0) is 32.2. The summed E-state index contributed by atoms with van der Waals surface area (Å²) >= 11 is 0. The molecule has 242 valence electrons. The number of rotatable bonds is 7. The number of likely N-dealkylation sites (tertiary alicyclic amines) is 1. The maximum atomic E-state index is 14.7. The highest BCUT2D eigenvalue weighted by Crippen LogP contribution is 2.45. The molecular weight excluding hydrogens is 608 g/mol. The van der Waals surface area contributed by atoms with Gasteiger partial charge in [0.05, 0.1) is 21.5 Å². The number of nitrogens with two attached hydrogens (primary N) is 1. The van der Waals surface area contributed by atoms with Crippen molar-refractivity contribution in [3.63, 3.8) is 0 Å². The van der Waals surface area contributed by atoms with E-state index in [1.54, 1.807) is 17.0 Å². The highest BCUT2D eigenvalue weighted by atomic mass is 32.2. The lowest BCUT2D eigenvalue weighted by atomic mass is 9.70. The number of fused-ring (bicyclic) bond motifs is 3. The number of carbonyl (C=O) groups is 1. The maximum absolute atomic E-state index is 14.7. The van der Waals surface area contributed by atoms with Crippen molar-refractivity contribution in [3.05, 3.63) is 95.3 Å². The fourth-order valence-corrected chi connectivity index (χ4v) is 8.98. The molecule has 3 atom stereocenters. The number of aryl methyl sites for hydroxylation is 1. The molecular formula is C35H39F2N5O3S. The molecule has 3 fully saturated rings. The molecule has 8 nitrogen and oxygen atoms in total. The summed E-state index contributed by atoms with van der Waals surface area (Å²) in [4.78, 5) is 22.2. The summed E-state index contributed by atoms with van der Waals surface area (Å²) in [7, 11) is -4.10. The standard InChI is InChI=1S/C35H39F2N5O3S/c1-23-39-32-7-2-3-8-33(32)42(23)28-20-26-9-10-27(21-28)41(26)18-15-35(24-5-4-6-25(36)19-24)13-16-40(17-14-35)34(43)30-22-29(46(38,44)45)11-12-31(30)37/h2-8,11-12,19,22,26-28H,9-10,13-18,20-21H2,1H3,(H2,38,44,45)/t26-,27+,28?. The molecule has 2 N–H and O–H groups in total. The predicted molar refractivity (Wildman–Crippen MR) is 172 cm³/mol. The Balaban J connectivity index is 1.08. The molecule has 4 aromatic rings. The lowest BCUT2D eigenvalue weighted by Crippen LogP contribution is -2.49. The number of carbonyl (C=O) groups excluding carboxylic acids is 1. The monoisotopic (exact) mass is 647 g/mol. The van der Waals surface area contributed by atoms with E-state index in [4.69, 9.17) is 10.1 Å². The lowest BCUT2D eigenvalue weighted by molar-refractivity contribution is 0.0602. The molecule has 1 aromatic heterocycles. The minimum atomic E-state index is -4.10. The molecule has 1 unspecified atom stereocenters. The molecule has 7 rings (SSSR count). The second-order valence-corrected chi connectivity index (χ2v) is 14.8. The number of aromatic nitrogens is 2. The minimum Gasteiger partial charge on any atom is -0.338 e. The molecule has 0 spiro atoms. The number of piperidine rings is 2. The van der Waals surface area contributed by atoms with Crippen molar-refractivity contribution in [1.29, 1.82) is 0 Å². The molecule has 11 heteroatoms. The van der Waals surface area contributed by atoms with Crippen molar-refractivity contribution in [1.82, 2.24) is 19.4 Å². The topological polar surface area (TPSA) is 102 Å². The number of hydrogen-bond acceptors (Lipinski definition) is 5. The summed E-state index contributed by atoms with van der Waals surface area (Å²) in [5.41, 5.74) is 2.49. The van der Waals surface area contributed by atoms with Crippen LogP contribution in [-0.2, 0) is 15.4 Å². The zero-order valence-corrected chi connectivity index (χ0v) is 26.7. The molecule has 4 heterocycles. The second-order valence-electron chi connectivity index (χ2n) is 13.3. The van der Waals surface area contributed by atoms with Crippen LogP contribution in [0.5, 0.6) is 0 Å². The van der Waals surface area contributed by atoms with Crippen LogP contribution in [-0.4, -0.2) is 65.4 Å². The van der Waals surface area contributed by atoms with Gasteiger partial charge in [0.15, 0.2) is 0 Å². The molecule has 3 saturated heterocycles. The summed E-state index contributed by atoms with van der Waals surface area (Å²) in [5, 5.41) is 5.23. The van der Waals surface area contributed by atoms with Gasteiger partial charge in [-0.05, 0) is 112 Å². The third-order valence-electron chi connectivity index (χ3n) is 10.8. The zero-order valence-electron chi connectivity index (χ0n) is 25.9. The molecule has 1 amide bonds. The average Bonchev–Trinajstić information content (AvgIpc) is 3.49. The normalized spacial score (nSPS) is 23.2. The van der Waals surface area contributed by atoms with Crippen molar-refractivity contribution < 1.29 is 22.0 Å². The Kier molecular flexibility index (Phi) is 7.97. The number of primary sulfonamides is 1. The average molecular weight is 648 g/mol. The number of para-hydroxylation sites is 2. The van der Waals surface area contributed by atoms with Crippen molar-refractivity contribution in [2.24, 2.45) is 5.14 Å². The first-order valence-corrected chi connectivity index (χ1v) is 17.6. The van der Waals surface area contributed by atoms with Gasteiger partial charge in [-0.1, -0.05) is 24.3 Å². The summed E-state index contributed by atoms with van der Waals surface area (Å²) in [6, 6.07) is 19.5. The maximum Gasteiger partial charge on any atom is 0.256 e. The lowest BCUT2D eigenvalue weighted by Gasteiger charge is -2.45. The van der Waals surface area contributed by atoms with E-state index in [2.05, 4.69) is 34.6 Å². The van der Waals surface area contributed by atoms with Crippen LogP contribution >= 0.6 is 0 Å². The smallest absolute Gasteiger partial charge is 0.256 e. The van der Waals surface area contributed by atoms with Gasteiger partial charge in [0.1, 0.15) is 17.5 Å². The van der Waals surface area contributed by atoms with Crippen molar-refractivity contribution in [2.75, 3.05) is 19.6 Å². The van der Waals surface area contributed by atoms with Gasteiger partial charge < -0.3 is 9.47 Å². The molecule has 46 heavy (non-hydrogen) atoms. The van der Waals surface area contributed by atoms with Crippen molar-refractivity contribution in [3.8, 4) is 0 Å². The van der Waals surface area contributed by atoms with Gasteiger partial charge in [-0.2, -0.15) is 0 Å². The fourth-order valence-electron chi connectivity index (χ4n) is 8.45. The highest BCUT2D eigenvalue weighted by Gasteiger charge is 2.44. The number of imidazole rings is 1. The van der Waals surface area contributed by atoms with Gasteiger partial charge in [0, 0.05) is 31.2 Å². The predicted octanol–water partition coefficient (Wildman–Crippen LogP) is 5.70. The van der Waals surface area contributed by atoms with Crippen LogP contribution in [0.25, 0.3) is 11.0 Å². The molecule has 3 aromatic carbocycles. The van der Waals surface area contributed by atoms with Gasteiger partial charge >= 0.3 is 0 Å². The Morgan fingerprint density at radius 2 is 1.67 bits per heavy atom. The largest absolute Gasteiger partial charge is 0.338 e. The van der Waals surface area contributed by atoms with Crippen LogP contribution in [0.1, 0.15) is 72.7 Å². The number of benzene rings is 3. The van der Waals surface area contributed by atoms with E-state index in [9.17, 15) is 22.0 Å². The quantitative estimate of drug-likeness (QED) is 0.277. The summed E-state index contributed by atoms with van der Waals surface area (Å²) < 4.78 is 55.4. The summed E-state index contributed by atoms with van der Waals surface area (Å²) in [5.74, 6) is -0.599. The molecule has 3 aliphatic heterocycles. The van der Waals surface area contributed by atoms with E-state index in [-0.39, 0.29) is 21.7 Å². The number of hydrogen-bond donors (Lipinski definition) is 1. The first-order valence-electron chi connectivity index (χ1n) is 16.1. The Morgan fingerprint density at radius 1 is 0.957 bits per heavy atom. The third-order valence-corrected chi connectivity index (χ3v) is 11.7. The fraction of sp³-hybridized carbons (Fsp3) is 0.429. The number of sulfonamides is 1. The van der Waals surface area contributed by atoms with Crippen LogP contribution in [0, 0.1) is 18.6 Å². The van der Waals surface area contributed by atoms with E-state index in [0.717, 1.165) is 73.8 Å². The van der Waals surface area contributed by atoms with Gasteiger partial charge in [-0.3, -0.25) is 9.69 Å². The molecule has 3 aliphatic rings. The second kappa shape index (κ2) is 11.8. The van der Waals surface area contributed by atoms with Gasteiger partial charge in [-0.15, -0.1) is 0 Å². The first kappa shape index (κ1) is 31.0. The summed E-state index contributed by atoms with van der Waals surface area (Å²) in [6.07, 6.45) is 6.44. The Bertz CT molecular complexity index is 1890. The third kappa shape index (κ3) is 5.62. The van der Waals surface area contributed by atoms with Crippen LogP contribution < -0.4 is 5.14 Å². The van der Waals surface area contributed by atoms with E-state index in [1.807, 2.05) is 12.1 Å². The van der Waals surface area contributed by atoms with Crippen LogP contribution in [0.2, 0.25) is 0 Å². The Labute approximate surface area is 268 Å². The molecule has 0 aliphatic carbocycles. The number of nitrogens with zero attached hydrogens (tertiary/aromatic N) is 4. The van der Waals surface area contributed by atoms with E-state index >= 15 is 0 Å². The minimum absolute atomic E-state index is 0.291. The van der Waals surface area contributed by atoms with Crippen molar-refractivity contribution >= 4 is 27.0 Å².